The number of benzene rings is 1. The van der Waals surface area contributed by atoms with Gasteiger partial charge in [0.05, 0.1) is 18.4 Å². The standard InChI is InChI=1S/C16H20N6O2S/c1-4-12(2)22-16(8-9-17-22)25(23,24)19-14-7-5-6-13(10-14)15-11-21(3)20-18-15/h5-12,19H,4H2,1-3H3. The molecule has 25 heavy (non-hydrogen) atoms. The van der Waals surface area contributed by atoms with Crippen LogP contribution < -0.4 is 4.72 Å². The van der Waals surface area contributed by atoms with Crippen LogP contribution in [-0.4, -0.2) is 33.2 Å². The zero-order valence-electron chi connectivity index (χ0n) is 14.3. The van der Waals surface area contributed by atoms with E-state index in [2.05, 4.69) is 20.1 Å². The fourth-order valence-corrected chi connectivity index (χ4v) is 3.70. The fraction of sp³-hybridized carbons (Fsp3) is 0.312. The number of nitrogens with one attached hydrogen (secondary N) is 1. The number of sulfonamides is 1. The normalized spacial score (nSPS) is 12.9. The quantitative estimate of drug-likeness (QED) is 0.728. The molecule has 1 aromatic carbocycles. The number of hydrogen-bond acceptors (Lipinski definition) is 5. The van der Waals surface area contributed by atoms with Crippen LogP contribution in [0.25, 0.3) is 11.3 Å². The molecule has 0 saturated carbocycles. The molecule has 2 aromatic heterocycles. The molecular weight excluding hydrogens is 340 g/mol. The molecule has 8 nitrogen and oxygen atoms in total. The van der Waals surface area contributed by atoms with E-state index in [0.29, 0.717) is 11.4 Å². The van der Waals surface area contributed by atoms with Crippen molar-refractivity contribution in [2.45, 2.75) is 31.3 Å². The largest absolute Gasteiger partial charge is 0.279 e. The Bertz CT molecular complexity index is 976. The monoisotopic (exact) mass is 360 g/mol. The Morgan fingerprint density at radius 1 is 1.28 bits per heavy atom. The van der Waals surface area contributed by atoms with E-state index in [1.807, 2.05) is 19.9 Å². The first-order valence-corrected chi connectivity index (χ1v) is 9.42. The summed E-state index contributed by atoms with van der Waals surface area (Å²) in [4.78, 5) is 0. The smallest absolute Gasteiger partial charge is 0.278 e. The van der Waals surface area contributed by atoms with Crippen molar-refractivity contribution in [1.29, 1.82) is 0 Å². The van der Waals surface area contributed by atoms with E-state index >= 15 is 0 Å². The summed E-state index contributed by atoms with van der Waals surface area (Å²) in [6, 6.07) is 8.54. The van der Waals surface area contributed by atoms with Gasteiger partial charge in [0.25, 0.3) is 10.0 Å². The third kappa shape index (κ3) is 3.55. The molecule has 3 rings (SSSR count). The zero-order valence-corrected chi connectivity index (χ0v) is 15.1. The van der Waals surface area contributed by atoms with Crippen LogP contribution in [0.3, 0.4) is 0 Å². The Morgan fingerprint density at radius 2 is 2.08 bits per heavy atom. The molecule has 1 unspecified atom stereocenters. The van der Waals surface area contributed by atoms with Crippen LogP contribution in [0, 0.1) is 0 Å². The Morgan fingerprint density at radius 3 is 2.76 bits per heavy atom. The van der Waals surface area contributed by atoms with E-state index < -0.39 is 10.0 Å². The summed E-state index contributed by atoms with van der Waals surface area (Å²) in [5.41, 5.74) is 1.91. The third-order valence-corrected chi connectivity index (χ3v) is 5.31. The van der Waals surface area contributed by atoms with E-state index in [9.17, 15) is 8.42 Å². The molecule has 9 heteroatoms. The van der Waals surface area contributed by atoms with Crippen LogP contribution in [0.5, 0.6) is 0 Å². The van der Waals surface area contributed by atoms with E-state index in [1.165, 1.54) is 16.9 Å². The van der Waals surface area contributed by atoms with Gasteiger partial charge in [0, 0.05) is 18.3 Å². The lowest BCUT2D eigenvalue weighted by atomic mass is 10.1. The Labute approximate surface area is 146 Å². The van der Waals surface area contributed by atoms with E-state index in [4.69, 9.17) is 0 Å². The van der Waals surface area contributed by atoms with Crippen molar-refractivity contribution in [3.63, 3.8) is 0 Å². The van der Waals surface area contributed by atoms with Crippen LogP contribution in [-0.2, 0) is 17.1 Å². The maximum absolute atomic E-state index is 12.8. The van der Waals surface area contributed by atoms with Gasteiger partial charge in [0.15, 0.2) is 5.03 Å². The minimum absolute atomic E-state index is 0.00694. The average molecular weight is 360 g/mol. The number of rotatable bonds is 6. The minimum atomic E-state index is -3.74. The zero-order chi connectivity index (χ0) is 18.0. The topological polar surface area (TPSA) is 94.7 Å². The lowest BCUT2D eigenvalue weighted by Gasteiger charge is -2.15. The number of aryl methyl sites for hydroxylation is 1. The van der Waals surface area contributed by atoms with Gasteiger partial charge < -0.3 is 0 Å². The molecule has 0 aliphatic heterocycles. The van der Waals surface area contributed by atoms with Gasteiger partial charge >= 0.3 is 0 Å². The summed E-state index contributed by atoms with van der Waals surface area (Å²) in [7, 11) is -1.96. The van der Waals surface area contributed by atoms with E-state index in [1.54, 1.807) is 36.1 Å². The summed E-state index contributed by atoms with van der Waals surface area (Å²) < 4.78 is 31.2. The molecule has 2 heterocycles. The van der Waals surface area contributed by atoms with Crippen molar-refractivity contribution in [3.05, 3.63) is 42.7 Å². The number of anilines is 1. The van der Waals surface area contributed by atoms with Crippen LogP contribution in [0.1, 0.15) is 26.3 Å². The first-order valence-electron chi connectivity index (χ1n) is 7.94. The van der Waals surface area contributed by atoms with Crippen molar-refractivity contribution in [3.8, 4) is 11.3 Å². The third-order valence-electron chi connectivity index (χ3n) is 3.93. The van der Waals surface area contributed by atoms with Gasteiger partial charge in [0.2, 0.25) is 0 Å². The maximum atomic E-state index is 12.8. The number of nitrogens with zero attached hydrogens (tertiary/aromatic N) is 5. The molecule has 0 saturated heterocycles. The Balaban J connectivity index is 1.91. The van der Waals surface area contributed by atoms with Gasteiger partial charge in [-0.3, -0.25) is 9.40 Å². The molecule has 0 spiro atoms. The summed E-state index contributed by atoms with van der Waals surface area (Å²) in [6.07, 6.45) is 4.05. The van der Waals surface area contributed by atoms with E-state index in [-0.39, 0.29) is 11.1 Å². The lowest BCUT2D eigenvalue weighted by molar-refractivity contribution is 0.437. The molecule has 0 amide bonds. The lowest BCUT2D eigenvalue weighted by Crippen LogP contribution is -2.20. The van der Waals surface area contributed by atoms with Crippen LogP contribution >= 0.6 is 0 Å². The molecule has 0 radical (unpaired) electrons. The predicted molar refractivity (Wildman–Crippen MR) is 94.5 cm³/mol. The van der Waals surface area contributed by atoms with Crippen LogP contribution in [0.2, 0.25) is 0 Å². The summed E-state index contributed by atoms with van der Waals surface area (Å²) in [6.45, 7) is 3.92. The molecule has 1 N–H and O–H groups in total. The second-order valence-electron chi connectivity index (χ2n) is 5.84. The van der Waals surface area contributed by atoms with Gasteiger partial charge in [-0.2, -0.15) is 13.5 Å². The first-order chi connectivity index (χ1) is 11.9. The molecular formula is C16H20N6O2S. The second kappa shape index (κ2) is 6.67. The fourth-order valence-electron chi connectivity index (χ4n) is 2.45. The van der Waals surface area contributed by atoms with Crippen LogP contribution in [0.4, 0.5) is 5.69 Å². The highest BCUT2D eigenvalue weighted by molar-refractivity contribution is 7.92. The van der Waals surface area contributed by atoms with Crippen molar-refractivity contribution in [2.24, 2.45) is 7.05 Å². The SMILES string of the molecule is CCC(C)n1nccc1S(=O)(=O)Nc1cccc(-c2cn(C)nn2)c1. The molecule has 0 aliphatic carbocycles. The average Bonchev–Trinajstić information content (AvgIpc) is 3.23. The Kier molecular flexibility index (Phi) is 4.58. The van der Waals surface area contributed by atoms with Crippen molar-refractivity contribution < 1.29 is 8.42 Å². The second-order valence-corrected chi connectivity index (χ2v) is 7.46. The van der Waals surface area contributed by atoms with Gasteiger partial charge in [0.1, 0.15) is 5.69 Å². The van der Waals surface area contributed by atoms with E-state index in [0.717, 1.165) is 12.0 Å². The van der Waals surface area contributed by atoms with Gasteiger partial charge in [-0.15, -0.1) is 5.10 Å². The first kappa shape index (κ1) is 17.2. The molecule has 1 atom stereocenters. The highest BCUT2D eigenvalue weighted by Gasteiger charge is 2.22. The number of hydrogen-bond donors (Lipinski definition) is 1. The summed E-state index contributed by atoms with van der Waals surface area (Å²) >= 11 is 0. The van der Waals surface area contributed by atoms with Crippen molar-refractivity contribution in [1.82, 2.24) is 24.8 Å². The molecule has 0 bridgehead atoms. The molecule has 132 valence electrons. The molecule has 3 aromatic rings. The maximum Gasteiger partial charge on any atom is 0.279 e. The molecule has 0 aliphatic rings. The Hall–Kier alpha value is -2.68. The minimum Gasteiger partial charge on any atom is -0.278 e. The van der Waals surface area contributed by atoms with Gasteiger partial charge in [-0.1, -0.05) is 24.3 Å². The summed E-state index contributed by atoms with van der Waals surface area (Å²) in [5, 5.41) is 12.2. The highest BCUT2D eigenvalue weighted by Crippen LogP contribution is 2.24. The van der Waals surface area contributed by atoms with Crippen molar-refractivity contribution >= 4 is 15.7 Å². The molecule has 0 fully saturated rings. The predicted octanol–water partition coefficient (Wildman–Crippen LogP) is 2.45. The van der Waals surface area contributed by atoms with Crippen molar-refractivity contribution in [2.75, 3.05) is 4.72 Å². The number of aromatic nitrogens is 5. The summed E-state index contributed by atoms with van der Waals surface area (Å²) in [5.74, 6) is 0. The highest BCUT2D eigenvalue weighted by atomic mass is 32.2. The van der Waals surface area contributed by atoms with Gasteiger partial charge in [-0.25, -0.2) is 4.68 Å². The van der Waals surface area contributed by atoms with Crippen LogP contribution in [0.15, 0.2) is 47.8 Å². The van der Waals surface area contributed by atoms with Gasteiger partial charge in [-0.05, 0) is 31.5 Å².